The molecule has 1 aliphatic carbocycles. The summed E-state index contributed by atoms with van der Waals surface area (Å²) in [4.78, 5) is 40.4. The maximum absolute atomic E-state index is 13.0. The van der Waals surface area contributed by atoms with Gasteiger partial charge in [-0.15, -0.1) is 0 Å². The van der Waals surface area contributed by atoms with Crippen molar-refractivity contribution in [1.82, 2.24) is 0 Å². The Morgan fingerprint density at radius 1 is 0.933 bits per heavy atom. The minimum absolute atomic E-state index is 0.158. The van der Waals surface area contributed by atoms with E-state index in [4.69, 9.17) is 0 Å². The zero-order valence-electron chi connectivity index (χ0n) is 16.7. The number of carbonyl (C=O) groups is 3. The van der Waals surface area contributed by atoms with Crippen molar-refractivity contribution in [2.45, 2.75) is 36.3 Å². The molecule has 1 aliphatic heterocycles. The smallest absolute Gasteiger partial charge is 0.255 e. The molecule has 2 aromatic rings. The van der Waals surface area contributed by atoms with Crippen LogP contribution in [0, 0.1) is 25.7 Å². The predicted molar refractivity (Wildman–Crippen MR) is 124 cm³/mol. The predicted octanol–water partition coefficient (Wildman–Crippen LogP) is 4.98. The highest BCUT2D eigenvalue weighted by Crippen LogP contribution is 2.44. The second-order valence-electron chi connectivity index (χ2n) is 8.03. The van der Waals surface area contributed by atoms with Crippen molar-refractivity contribution in [2.75, 3.05) is 10.2 Å². The molecule has 1 saturated heterocycles. The molecule has 3 amide bonds. The van der Waals surface area contributed by atoms with E-state index < -0.39 is 0 Å². The number of hydrogen-bond donors (Lipinski definition) is 1. The molecule has 1 heterocycles. The largest absolute Gasteiger partial charge is 0.322 e. The summed E-state index contributed by atoms with van der Waals surface area (Å²) >= 11 is 7.21. The van der Waals surface area contributed by atoms with Crippen LogP contribution in [0.2, 0.25) is 0 Å². The van der Waals surface area contributed by atoms with Crippen LogP contribution < -0.4 is 10.2 Å². The molecular weight excluding hydrogens is 512 g/mol. The van der Waals surface area contributed by atoms with Crippen molar-refractivity contribution in [3.05, 3.63) is 59.2 Å². The Morgan fingerprint density at radius 2 is 1.57 bits per heavy atom. The fourth-order valence-corrected chi connectivity index (χ4v) is 5.40. The van der Waals surface area contributed by atoms with Crippen molar-refractivity contribution in [3.8, 4) is 0 Å². The van der Waals surface area contributed by atoms with Crippen molar-refractivity contribution in [2.24, 2.45) is 11.8 Å². The Kier molecular flexibility index (Phi) is 5.86. The first-order valence-corrected chi connectivity index (χ1v) is 11.7. The minimum atomic E-state index is -0.316. The summed E-state index contributed by atoms with van der Waals surface area (Å²) in [6, 6.07) is 12.4. The first-order valence-electron chi connectivity index (χ1n) is 9.91. The Morgan fingerprint density at radius 3 is 2.17 bits per heavy atom. The van der Waals surface area contributed by atoms with Gasteiger partial charge in [-0.3, -0.25) is 19.3 Å². The molecule has 2 fully saturated rings. The summed E-state index contributed by atoms with van der Waals surface area (Å²) in [5, 5.41) is 2.89. The SMILES string of the molecule is Cc1ccc(NC(=O)c2cccc(N3C(=O)[C@H]4C[C@H](Br)[C@@H](Br)C[C@H]4C3=O)c2)cc1C. The highest BCUT2D eigenvalue weighted by Gasteiger charge is 2.52. The topological polar surface area (TPSA) is 66.5 Å². The zero-order chi connectivity index (χ0) is 21.6. The summed E-state index contributed by atoms with van der Waals surface area (Å²) in [6.45, 7) is 4.01. The number of alkyl halides is 2. The van der Waals surface area contributed by atoms with E-state index in [1.165, 1.54) is 4.90 Å². The monoisotopic (exact) mass is 532 g/mol. The molecule has 7 heteroatoms. The van der Waals surface area contributed by atoms with E-state index in [2.05, 4.69) is 37.2 Å². The number of hydrogen-bond acceptors (Lipinski definition) is 3. The number of anilines is 2. The lowest BCUT2D eigenvalue weighted by Gasteiger charge is -2.29. The van der Waals surface area contributed by atoms with Crippen molar-refractivity contribution >= 4 is 61.0 Å². The maximum atomic E-state index is 13.0. The first-order chi connectivity index (χ1) is 14.3. The van der Waals surface area contributed by atoms with Crippen LogP contribution in [0.4, 0.5) is 11.4 Å². The number of rotatable bonds is 3. The standard InChI is InChI=1S/C23H22Br2N2O3/c1-12-6-7-15(8-13(12)2)26-21(28)14-4-3-5-16(9-14)27-22(29)17-10-19(24)20(25)11-18(17)23(27)30/h3-9,17-20H,10-11H2,1-2H3,(H,26,28)/t17-,18+,19-,20-/m0/s1. The van der Waals surface area contributed by atoms with E-state index in [0.717, 1.165) is 11.1 Å². The number of nitrogens with one attached hydrogen (secondary N) is 1. The molecule has 0 unspecified atom stereocenters. The van der Waals surface area contributed by atoms with Gasteiger partial charge in [0.25, 0.3) is 5.91 Å². The van der Waals surface area contributed by atoms with Gasteiger partial charge in [0.05, 0.1) is 17.5 Å². The lowest BCUT2D eigenvalue weighted by Crippen LogP contribution is -2.34. The second kappa shape index (κ2) is 8.27. The summed E-state index contributed by atoms with van der Waals surface area (Å²) in [6.07, 6.45) is 1.24. The number of aryl methyl sites for hydroxylation is 2. The van der Waals surface area contributed by atoms with Gasteiger partial charge < -0.3 is 5.32 Å². The first kappa shape index (κ1) is 21.2. The number of benzene rings is 2. The summed E-state index contributed by atoms with van der Waals surface area (Å²) in [5.74, 6) is -1.27. The quantitative estimate of drug-likeness (QED) is 0.447. The van der Waals surface area contributed by atoms with Gasteiger partial charge in [-0.2, -0.15) is 0 Å². The molecule has 0 spiro atoms. The molecule has 2 aliphatic rings. The van der Waals surface area contributed by atoms with Gasteiger partial charge in [0.15, 0.2) is 0 Å². The van der Waals surface area contributed by atoms with Gasteiger partial charge in [0.1, 0.15) is 0 Å². The van der Waals surface area contributed by atoms with Gasteiger partial charge >= 0.3 is 0 Å². The lowest BCUT2D eigenvalue weighted by atomic mass is 9.81. The van der Waals surface area contributed by atoms with Crippen molar-refractivity contribution in [1.29, 1.82) is 0 Å². The molecule has 0 radical (unpaired) electrons. The van der Waals surface area contributed by atoms with Crippen LogP contribution in [0.25, 0.3) is 0 Å². The molecule has 5 nitrogen and oxygen atoms in total. The van der Waals surface area contributed by atoms with E-state index >= 15 is 0 Å². The molecule has 0 bridgehead atoms. The minimum Gasteiger partial charge on any atom is -0.322 e. The van der Waals surface area contributed by atoms with Crippen LogP contribution >= 0.6 is 31.9 Å². The molecule has 4 rings (SSSR count). The normalized spacial score (nSPS) is 25.9. The van der Waals surface area contributed by atoms with Gasteiger partial charge in [0.2, 0.25) is 11.8 Å². The van der Waals surface area contributed by atoms with Gasteiger partial charge in [-0.1, -0.05) is 44.0 Å². The third-order valence-corrected chi connectivity index (χ3v) is 8.78. The number of carbonyl (C=O) groups excluding carboxylic acids is 3. The average molecular weight is 534 g/mol. The average Bonchev–Trinajstić information content (AvgIpc) is 2.95. The molecule has 1 N–H and O–H groups in total. The highest BCUT2D eigenvalue weighted by molar-refractivity contribution is 9.12. The van der Waals surface area contributed by atoms with Crippen LogP contribution in [0.3, 0.4) is 0 Å². The molecule has 0 aromatic heterocycles. The van der Waals surface area contributed by atoms with Gasteiger partial charge in [0, 0.05) is 20.9 Å². The van der Waals surface area contributed by atoms with Crippen LogP contribution in [-0.4, -0.2) is 27.4 Å². The Balaban J connectivity index is 1.57. The third kappa shape index (κ3) is 3.85. The second-order valence-corrected chi connectivity index (χ2v) is 10.4. The van der Waals surface area contributed by atoms with Gasteiger partial charge in [-0.05, 0) is 68.1 Å². The Labute approximate surface area is 192 Å². The van der Waals surface area contributed by atoms with Crippen LogP contribution in [0.5, 0.6) is 0 Å². The molecule has 156 valence electrons. The molecule has 2 aromatic carbocycles. The molecular formula is C23H22Br2N2O3. The number of halogens is 2. The summed E-state index contributed by atoms with van der Waals surface area (Å²) in [7, 11) is 0. The van der Waals surface area contributed by atoms with E-state index in [9.17, 15) is 14.4 Å². The lowest BCUT2D eigenvalue weighted by molar-refractivity contribution is -0.122. The zero-order valence-corrected chi connectivity index (χ0v) is 19.9. The van der Waals surface area contributed by atoms with E-state index in [-0.39, 0.29) is 39.2 Å². The van der Waals surface area contributed by atoms with E-state index in [1.54, 1.807) is 24.3 Å². The van der Waals surface area contributed by atoms with Crippen LogP contribution in [-0.2, 0) is 9.59 Å². The summed E-state index contributed by atoms with van der Waals surface area (Å²) < 4.78 is 0. The van der Waals surface area contributed by atoms with Crippen LogP contribution in [0.1, 0.15) is 34.3 Å². The fourth-order valence-electron chi connectivity index (χ4n) is 4.16. The molecule has 4 atom stereocenters. The summed E-state index contributed by atoms with van der Waals surface area (Å²) in [5.41, 5.74) is 3.80. The van der Waals surface area contributed by atoms with E-state index in [0.29, 0.717) is 29.8 Å². The Bertz CT molecular complexity index is 1010. The van der Waals surface area contributed by atoms with Crippen LogP contribution in [0.15, 0.2) is 42.5 Å². The maximum Gasteiger partial charge on any atom is 0.255 e. The number of imide groups is 1. The number of amides is 3. The van der Waals surface area contributed by atoms with Gasteiger partial charge in [-0.25, -0.2) is 0 Å². The Hall–Kier alpha value is -1.99. The third-order valence-electron chi connectivity index (χ3n) is 6.04. The highest BCUT2D eigenvalue weighted by atomic mass is 79.9. The number of fused-ring (bicyclic) bond motifs is 1. The van der Waals surface area contributed by atoms with Crippen molar-refractivity contribution < 1.29 is 14.4 Å². The van der Waals surface area contributed by atoms with Crippen molar-refractivity contribution in [3.63, 3.8) is 0 Å². The molecule has 30 heavy (non-hydrogen) atoms. The van der Waals surface area contributed by atoms with E-state index in [1.807, 2.05) is 32.0 Å². The molecule has 1 saturated carbocycles. The fraction of sp³-hybridized carbons (Fsp3) is 0.348. The number of nitrogens with zero attached hydrogens (tertiary/aromatic N) is 1.